The van der Waals surface area contributed by atoms with Crippen molar-refractivity contribution >= 4 is 10.2 Å². The molecule has 0 fully saturated rings. The van der Waals surface area contributed by atoms with E-state index in [0.717, 1.165) is 51.6 Å². The van der Waals surface area contributed by atoms with Crippen LogP contribution in [0, 0.1) is 0 Å². The number of hydrogen-bond donors (Lipinski definition) is 3. The molecule has 2 aromatic carbocycles. The SMILES string of the molecule is O=S(=O)(F)CCN(CCCCCCOCCCCc1ccccc1)CC(O)c1ccc(O)c(CO)c1. The smallest absolute Gasteiger partial charge is 0.303 e. The van der Waals surface area contributed by atoms with Gasteiger partial charge in [-0.2, -0.15) is 8.42 Å². The highest BCUT2D eigenvalue weighted by Gasteiger charge is 2.17. The lowest BCUT2D eigenvalue weighted by atomic mass is 10.0. The third-order valence-corrected chi connectivity index (χ3v) is 6.77. The number of halogens is 1. The normalized spacial score (nSPS) is 12.8. The lowest BCUT2D eigenvalue weighted by Gasteiger charge is -2.25. The highest BCUT2D eigenvalue weighted by molar-refractivity contribution is 7.86. The summed E-state index contributed by atoms with van der Waals surface area (Å²) >= 11 is 0. The summed E-state index contributed by atoms with van der Waals surface area (Å²) in [5.74, 6) is -0.694. The van der Waals surface area contributed by atoms with Crippen LogP contribution in [-0.4, -0.2) is 67.2 Å². The Balaban J connectivity index is 1.64. The van der Waals surface area contributed by atoms with Crippen LogP contribution in [0.25, 0.3) is 0 Å². The van der Waals surface area contributed by atoms with Crippen LogP contribution < -0.4 is 0 Å². The number of aromatic hydroxyl groups is 1. The van der Waals surface area contributed by atoms with Crippen LogP contribution in [0.3, 0.4) is 0 Å². The lowest BCUT2D eigenvalue weighted by molar-refractivity contribution is 0.113. The van der Waals surface area contributed by atoms with Gasteiger partial charge in [-0.25, -0.2) is 0 Å². The van der Waals surface area contributed by atoms with Crippen molar-refractivity contribution < 1.29 is 32.4 Å². The van der Waals surface area contributed by atoms with Crippen LogP contribution in [0.5, 0.6) is 5.75 Å². The maximum absolute atomic E-state index is 13.1. The number of hydrogen-bond acceptors (Lipinski definition) is 7. The summed E-state index contributed by atoms with van der Waals surface area (Å²) in [6.45, 7) is 1.73. The molecule has 1 unspecified atom stereocenters. The summed E-state index contributed by atoms with van der Waals surface area (Å²) in [5.41, 5.74) is 2.13. The summed E-state index contributed by atoms with van der Waals surface area (Å²) < 4.78 is 40.8. The van der Waals surface area contributed by atoms with Gasteiger partial charge in [0.2, 0.25) is 0 Å². The maximum atomic E-state index is 13.1. The molecule has 0 aliphatic carbocycles. The molecular weight excluding hydrogens is 485 g/mol. The van der Waals surface area contributed by atoms with Crippen molar-refractivity contribution in [1.29, 1.82) is 0 Å². The molecule has 0 saturated carbocycles. The minimum atomic E-state index is -4.61. The Bertz CT molecular complexity index is 973. The predicted octanol–water partition coefficient (Wildman–Crippen LogP) is 4.12. The van der Waals surface area contributed by atoms with E-state index in [4.69, 9.17) is 4.74 Å². The standard InChI is InChI=1S/C27H40FNO6S/c28-36(33,34)19-16-29(21-27(32)24-13-14-26(31)25(20-24)22-30)15-7-1-2-8-17-35-18-9-6-12-23-10-4-3-5-11-23/h3-5,10-11,13-14,20,27,30-32H,1-2,6-9,12,15-19,21-22H2. The second kappa shape index (κ2) is 16.7. The van der Waals surface area contributed by atoms with Crippen molar-refractivity contribution in [2.45, 2.75) is 57.7 Å². The second-order valence-corrected chi connectivity index (χ2v) is 10.6. The Kier molecular flexibility index (Phi) is 14.0. The third-order valence-electron chi connectivity index (χ3n) is 6.10. The number of benzene rings is 2. The number of nitrogens with zero attached hydrogens (tertiary/aromatic N) is 1. The molecule has 36 heavy (non-hydrogen) atoms. The molecule has 0 aliphatic heterocycles. The van der Waals surface area contributed by atoms with Crippen molar-refractivity contribution in [3.05, 3.63) is 65.2 Å². The highest BCUT2D eigenvalue weighted by Crippen LogP contribution is 2.23. The zero-order valence-electron chi connectivity index (χ0n) is 20.9. The van der Waals surface area contributed by atoms with Crippen molar-refractivity contribution in [1.82, 2.24) is 4.90 Å². The molecule has 9 heteroatoms. The van der Waals surface area contributed by atoms with E-state index >= 15 is 0 Å². The van der Waals surface area contributed by atoms with Gasteiger partial charge in [-0.1, -0.05) is 49.2 Å². The fourth-order valence-corrected chi connectivity index (χ4v) is 4.47. The molecule has 0 bridgehead atoms. The molecule has 7 nitrogen and oxygen atoms in total. The zero-order chi connectivity index (χ0) is 26.2. The summed E-state index contributed by atoms with van der Waals surface area (Å²) in [4.78, 5) is 1.73. The first-order valence-electron chi connectivity index (χ1n) is 12.7. The molecule has 0 heterocycles. The molecule has 0 aliphatic rings. The van der Waals surface area contributed by atoms with E-state index in [0.29, 0.717) is 24.3 Å². The highest BCUT2D eigenvalue weighted by atomic mass is 32.3. The molecule has 0 amide bonds. The van der Waals surface area contributed by atoms with E-state index in [9.17, 15) is 27.6 Å². The fraction of sp³-hybridized carbons (Fsp3) is 0.556. The van der Waals surface area contributed by atoms with E-state index in [1.165, 1.54) is 17.7 Å². The first kappa shape index (κ1) is 30.2. The molecule has 0 radical (unpaired) electrons. The summed E-state index contributed by atoms with van der Waals surface area (Å²) in [5, 5.41) is 29.6. The molecule has 0 saturated heterocycles. The number of phenols is 1. The molecule has 202 valence electrons. The van der Waals surface area contributed by atoms with Gasteiger partial charge in [0.05, 0.1) is 18.5 Å². The fourth-order valence-electron chi connectivity index (χ4n) is 3.99. The third kappa shape index (κ3) is 12.8. The summed E-state index contributed by atoms with van der Waals surface area (Å²) in [6, 6.07) is 14.9. The van der Waals surface area contributed by atoms with E-state index in [-0.39, 0.29) is 25.4 Å². The van der Waals surface area contributed by atoms with Crippen molar-refractivity contribution in [3.8, 4) is 5.75 Å². The van der Waals surface area contributed by atoms with Gasteiger partial charge in [-0.3, -0.25) is 4.90 Å². The van der Waals surface area contributed by atoms with E-state index in [2.05, 4.69) is 24.3 Å². The van der Waals surface area contributed by atoms with E-state index in [1.54, 1.807) is 11.0 Å². The van der Waals surface area contributed by atoms with Gasteiger partial charge < -0.3 is 20.1 Å². The van der Waals surface area contributed by atoms with Gasteiger partial charge >= 0.3 is 10.2 Å². The van der Waals surface area contributed by atoms with Gasteiger partial charge in [0, 0.05) is 31.9 Å². The Morgan fingerprint density at radius 1 is 0.917 bits per heavy atom. The average Bonchev–Trinajstić information content (AvgIpc) is 2.86. The van der Waals surface area contributed by atoms with Gasteiger partial charge in [-0.15, -0.1) is 3.89 Å². The lowest BCUT2D eigenvalue weighted by Crippen LogP contribution is -2.33. The van der Waals surface area contributed by atoms with Crippen LogP contribution in [-0.2, 0) is 28.0 Å². The minimum Gasteiger partial charge on any atom is -0.508 e. The van der Waals surface area contributed by atoms with Crippen LogP contribution in [0.2, 0.25) is 0 Å². The van der Waals surface area contributed by atoms with Crippen LogP contribution >= 0.6 is 0 Å². The second-order valence-electron chi connectivity index (χ2n) is 9.07. The van der Waals surface area contributed by atoms with Gasteiger partial charge in [0.1, 0.15) is 5.75 Å². The van der Waals surface area contributed by atoms with Crippen LogP contribution in [0.4, 0.5) is 3.89 Å². The average molecular weight is 526 g/mol. The zero-order valence-corrected chi connectivity index (χ0v) is 21.7. The van der Waals surface area contributed by atoms with Gasteiger partial charge in [0.15, 0.2) is 0 Å². The van der Waals surface area contributed by atoms with Crippen molar-refractivity contribution in [2.75, 3.05) is 38.6 Å². The molecule has 0 spiro atoms. The Morgan fingerprint density at radius 2 is 1.61 bits per heavy atom. The number of unbranched alkanes of at least 4 members (excludes halogenated alkanes) is 4. The summed E-state index contributed by atoms with van der Waals surface area (Å²) in [7, 11) is -4.61. The van der Waals surface area contributed by atoms with Gasteiger partial charge in [0.25, 0.3) is 0 Å². The monoisotopic (exact) mass is 525 g/mol. The Hall–Kier alpha value is -2.04. The molecular formula is C27H40FNO6S. The number of aliphatic hydroxyl groups is 2. The number of rotatable bonds is 19. The first-order chi connectivity index (χ1) is 17.3. The maximum Gasteiger partial charge on any atom is 0.303 e. The van der Waals surface area contributed by atoms with Crippen molar-refractivity contribution in [2.24, 2.45) is 0 Å². The quantitative estimate of drug-likeness (QED) is 0.187. The predicted molar refractivity (Wildman–Crippen MR) is 139 cm³/mol. The first-order valence-corrected chi connectivity index (χ1v) is 14.2. The minimum absolute atomic E-state index is 0.0209. The largest absolute Gasteiger partial charge is 0.508 e. The topological polar surface area (TPSA) is 107 Å². The number of aryl methyl sites for hydroxylation is 1. The summed E-state index contributed by atoms with van der Waals surface area (Å²) in [6.07, 6.45) is 5.85. The molecule has 2 aromatic rings. The van der Waals surface area contributed by atoms with Crippen LogP contribution in [0.15, 0.2) is 48.5 Å². The van der Waals surface area contributed by atoms with Crippen LogP contribution in [0.1, 0.15) is 61.3 Å². The molecule has 0 aromatic heterocycles. The van der Waals surface area contributed by atoms with E-state index < -0.39 is 22.1 Å². The Morgan fingerprint density at radius 3 is 2.31 bits per heavy atom. The van der Waals surface area contributed by atoms with Crippen molar-refractivity contribution in [3.63, 3.8) is 0 Å². The molecule has 3 N–H and O–H groups in total. The molecule has 1 atom stereocenters. The van der Waals surface area contributed by atoms with E-state index in [1.807, 2.05) is 6.07 Å². The molecule has 2 rings (SSSR count). The number of ether oxygens (including phenoxy) is 1. The number of aliphatic hydroxyl groups excluding tert-OH is 2. The van der Waals surface area contributed by atoms with Gasteiger partial charge in [-0.05, 0) is 61.9 Å². The Labute approximate surface area is 214 Å².